The lowest BCUT2D eigenvalue weighted by molar-refractivity contribution is 0.144. The van der Waals surface area contributed by atoms with E-state index >= 15 is 0 Å². The quantitative estimate of drug-likeness (QED) is 0.682. The predicted molar refractivity (Wildman–Crippen MR) is 134 cm³/mol. The molecule has 6 nitrogen and oxygen atoms in total. The van der Waals surface area contributed by atoms with Crippen molar-refractivity contribution in [1.29, 1.82) is 5.26 Å². The zero-order chi connectivity index (χ0) is 23.3. The molecule has 0 spiro atoms. The van der Waals surface area contributed by atoms with E-state index in [-0.39, 0.29) is 6.61 Å². The number of hydrogen-bond donors (Lipinski definition) is 2. The lowest BCUT2D eigenvalue weighted by Crippen LogP contribution is -2.48. The fraction of sp³-hybridized carbons (Fsp3) is 0.556. The maximum atomic E-state index is 12.8. The van der Waals surface area contributed by atoms with Gasteiger partial charge < -0.3 is 15.3 Å². The SMILES string of the molecule is N#Cc1c(N2CCC(c3ccc4c(c3)CCC4)CC2)nc2c(c1NC1(CO)CCC1)[S@](=O)CC2. The molecule has 7 heteroatoms. The Labute approximate surface area is 203 Å². The standard InChI is InChI=1S/C27H32N4O2S/c28-16-22-24(30-27(17-32)10-2-11-27)25-23(9-14-34(25)33)29-26(22)31-12-7-19(8-13-31)21-6-5-18-3-1-4-20(18)15-21/h5-6,15,19,32H,1-4,7-14,17H2,(H,29,30)/t34-/m1/s1. The molecule has 0 unspecified atom stereocenters. The van der Waals surface area contributed by atoms with Crippen LogP contribution in [0.1, 0.15) is 72.4 Å². The third-order valence-corrected chi connectivity index (χ3v) is 9.93. The van der Waals surface area contributed by atoms with Gasteiger partial charge >= 0.3 is 0 Å². The number of pyridine rings is 1. The second kappa shape index (κ2) is 8.66. The van der Waals surface area contributed by atoms with Gasteiger partial charge in [0, 0.05) is 25.3 Å². The van der Waals surface area contributed by atoms with Gasteiger partial charge in [-0.1, -0.05) is 18.2 Å². The maximum absolute atomic E-state index is 12.8. The minimum absolute atomic E-state index is 0.0170. The summed E-state index contributed by atoms with van der Waals surface area (Å²) in [6.45, 7) is 1.73. The Bertz CT molecular complexity index is 1190. The Morgan fingerprint density at radius 1 is 1.18 bits per heavy atom. The first-order chi connectivity index (χ1) is 16.6. The molecule has 2 aliphatic heterocycles. The van der Waals surface area contributed by atoms with Crippen LogP contribution in [0.25, 0.3) is 0 Å². The van der Waals surface area contributed by atoms with Crippen LogP contribution in [-0.4, -0.2) is 45.3 Å². The van der Waals surface area contributed by atoms with Crippen molar-refractivity contribution in [2.24, 2.45) is 0 Å². The highest BCUT2D eigenvalue weighted by molar-refractivity contribution is 7.85. The van der Waals surface area contributed by atoms with Gasteiger partial charge in [0.1, 0.15) is 17.5 Å². The molecule has 34 heavy (non-hydrogen) atoms. The first-order valence-corrected chi connectivity index (χ1v) is 14.0. The van der Waals surface area contributed by atoms with E-state index in [0.717, 1.165) is 56.7 Å². The van der Waals surface area contributed by atoms with Crippen molar-refractivity contribution in [1.82, 2.24) is 4.98 Å². The van der Waals surface area contributed by atoms with E-state index in [1.165, 1.54) is 36.0 Å². The second-order valence-corrected chi connectivity index (χ2v) is 11.9. The highest BCUT2D eigenvalue weighted by Gasteiger charge is 2.40. The molecule has 2 aliphatic carbocycles. The number of nitrogens with one attached hydrogen (secondary N) is 1. The number of rotatable bonds is 5. The topological polar surface area (TPSA) is 89.2 Å². The third kappa shape index (κ3) is 3.63. The summed E-state index contributed by atoms with van der Waals surface area (Å²) in [4.78, 5) is 7.85. The average molecular weight is 477 g/mol. The number of nitrogens with zero attached hydrogens (tertiary/aromatic N) is 3. The zero-order valence-electron chi connectivity index (χ0n) is 19.6. The van der Waals surface area contributed by atoms with E-state index < -0.39 is 16.3 Å². The van der Waals surface area contributed by atoms with Crippen LogP contribution in [0.3, 0.4) is 0 Å². The Morgan fingerprint density at radius 3 is 2.68 bits per heavy atom. The molecule has 1 saturated heterocycles. The Kier molecular flexibility index (Phi) is 5.62. The molecule has 1 aromatic carbocycles. The molecule has 1 atom stereocenters. The summed E-state index contributed by atoms with van der Waals surface area (Å²) >= 11 is 0. The van der Waals surface area contributed by atoms with Gasteiger partial charge in [-0.3, -0.25) is 4.21 Å². The lowest BCUT2D eigenvalue weighted by atomic mass is 9.77. The van der Waals surface area contributed by atoms with Gasteiger partial charge in [-0.15, -0.1) is 0 Å². The molecule has 2 aromatic rings. The first-order valence-electron chi connectivity index (χ1n) is 12.7. The Hall–Kier alpha value is -2.43. The Balaban J connectivity index is 1.29. The summed E-state index contributed by atoms with van der Waals surface area (Å²) < 4.78 is 12.8. The zero-order valence-corrected chi connectivity index (χ0v) is 20.4. The van der Waals surface area contributed by atoms with Crippen LogP contribution in [0.4, 0.5) is 11.5 Å². The van der Waals surface area contributed by atoms with Gasteiger partial charge in [0.25, 0.3) is 0 Å². The van der Waals surface area contributed by atoms with Gasteiger partial charge in [-0.2, -0.15) is 5.26 Å². The summed E-state index contributed by atoms with van der Waals surface area (Å²) in [5.74, 6) is 1.82. The van der Waals surface area contributed by atoms with Crippen molar-refractivity contribution in [2.75, 3.05) is 35.7 Å². The Morgan fingerprint density at radius 2 is 1.97 bits per heavy atom. The van der Waals surface area contributed by atoms with Crippen molar-refractivity contribution in [3.63, 3.8) is 0 Å². The van der Waals surface area contributed by atoms with Gasteiger partial charge in [0.2, 0.25) is 0 Å². The number of nitriles is 1. The van der Waals surface area contributed by atoms with Crippen LogP contribution in [0.2, 0.25) is 0 Å². The van der Waals surface area contributed by atoms with Gasteiger partial charge in [0.15, 0.2) is 0 Å². The number of benzene rings is 1. The minimum atomic E-state index is -1.16. The number of aryl methyl sites for hydroxylation is 3. The van der Waals surface area contributed by atoms with E-state index in [1.54, 1.807) is 0 Å². The van der Waals surface area contributed by atoms with Crippen molar-refractivity contribution in [2.45, 2.75) is 74.1 Å². The molecule has 4 aliphatic rings. The van der Waals surface area contributed by atoms with Gasteiger partial charge in [0.05, 0.1) is 39.2 Å². The molecule has 0 radical (unpaired) electrons. The average Bonchev–Trinajstić information content (AvgIpc) is 3.47. The number of hydrogen-bond acceptors (Lipinski definition) is 6. The summed E-state index contributed by atoms with van der Waals surface area (Å²) in [6, 6.07) is 9.48. The number of aliphatic hydroxyl groups excluding tert-OH is 1. The number of aromatic nitrogens is 1. The van der Waals surface area contributed by atoms with Crippen molar-refractivity contribution >= 4 is 22.3 Å². The van der Waals surface area contributed by atoms with Crippen LogP contribution in [0, 0.1) is 11.3 Å². The number of anilines is 2. The monoisotopic (exact) mass is 476 g/mol. The maximum Gasteiger partial charge on any atom is 0.149 e. The van der Waals surface area contributed by atoms with E-state index in [0.29, 0.717) is 34.2 Å². The smallest absolute Gasteiger partial charge is 0.149 e. The van der Waals surface area contributed by atoms with Crippen molar-refractivity contribution in [3.05, 3.63) is 46.1 Å². The van der Waals surface area contributed by atoms with Crippen LogP contribution < -0.4 is 10.2 Å². The molecule has 1 aromatic heterocycles. The van der Waals surface area contributed by atoms with Gasteiger partial charge in [-0.25, -0.2) is 4.98 Å². The molecular formula is C27H32N4O2S. The summed E-state index contributed by atoms with van der Waals surface area (Å²) in [6.07, 6.45) is 9.22. The summed E-state index contributed by atoms with van der Waals surface area (Å²) in [5, 5.41) is 23.7. The number of fused-ring (bicyclic) bond motifs is 2. The van der Waals surface area contributed by atoms with Crippen LogP contribution in [0.15, 0.2) is 23.1 Å². The molecule has 1 saturated carbocycles. The highest BCUT2D eigenvalue weighted by Crippen LogP contribution is 2.43. The summed E-state index contributed by atoms with van der Waals surface area (Å²) in [5.41, 5.74) is 6.10. The van der Waals surface area contributed by atoms with E-state index in [4.69, 9.17) is 4.98 Å². The van der Waals surface area contributed by atoms with Gasteiger partial charge in [-0.05, 0) is 74.0 Å². The van der Waals surface area contributed by atoms with E-state index in [2.05, 4.69) is 34.5 Å². The second-order valence-electron chi connectivity index (χ2n) is 10.4. The predicted octanol–water partition coefficient (Wildman–Crippen LogP) is 3.82. The molecule has 2 N–H and O–H groups in total. The normalized spacial score (nSPS) is 23.2. The van der Waals surface area contributed by atoms with Crippen LogP contribution in [0.5, 0.6) is 0 Å². The molecule has 6 rings (SSSR count). The third-order valence-electron chi connectivity index (χ3n) is 8.46. The fourth-order valence-corrected chi connectivity index (χ4v) is 7.60. The molecular weight excluding hydrogens is 444 g/mol. The van der Waals surface area contributed by atoms with Crippen molar-refractivity contribution < 1.29 is 9.32 Å². The molecule has 0 amide bonds. The molecule has 2 fully saturated rings. The summed E-state index contributed by atoms with van der Waals surface area (Å²) in [7, 11) is -1.16. The largest absolute Gasteiger partial charge is 0.394 e. The van der Waals surface area contributed by atoms with E-state index in [1.807, 2.05) is 0 Å². The fourth-order valence-electron chi connectivity index (χ4n) is 6.23. The minimum Gasteiger partial charge on any atom is -0.394 e. The van der Waals surface area contributed by atoms with Crippen molar-refractivity contribution in [3.8, 4) is 6.07 Å². The van der Waals surface area contributed by atoms with Crippen LogP contribution in [-0.2, 0) is 30.1 Å². The lowest BCUT2D eigenvalue weighted by Gasteiger charge is -2.42. The van der Waals surface area contributed by atoms with Crippen LogP contribution >= 0.6 is 0 Å². The highest BCUT2D eigenvalue weighted by atomic mass is 32.2. The molecule has 178 valence electrons. The first kappa shape index (κ1) is 22.1. The molecule has 3 heterocycles. The number of piperidine rings is 1. The number of aliphatic hydroxyl groups is 1. The van der Waals surface area contributed by atoms with E-state index in [9.17, 15) is 14.6 Å². The molecule has 0 bridgehead atoms.